The Morgan fingerprint density at radius 3 is 2.25 bits per heavy atom. The maximum atomic E-state index is 12.5. The molecule has 1 fully saturated rings. The lowest BCUT2D eigenvalue weighted by atomic mass is 10.3. The first-order valence-corrected chi connectivity index (χ1v) is 10.6. The summed E-state index contributed by atoms with van der Waals surface area (Å²) < 4.78 is 53.3. The molecule has 1 saturated heterocycles. The van der Waals surface area contributed by atoms with Gasteiger partial charge in [0.1, 0.15) is 9.79 Å². The van der Waals surface area contributed by atoms with Gasteiger partial charge in [-0.2, -0.15) is 0 Å². The molecule has 0 radical (unpaired) electrons. The molecule has 10 heteroatoms. The van der Waals surface area contributed by atoms with Crippen molar-refractivity contribution in [3.05, 3.63) is 24.3 Å². The van der Waals surface area contributed by atoms with Crippen molar-refractivity contribution in [3.63, 3.8) is 0 Å². The third-order valence-corrected chi connectivity index (χ3v) is 7.35. The van der Waals surface area contributed by atoms with Crippen LogP contribution < -0.4 is 10.0 Å². The Bertz CT molecular complexity index is 757. The number of nitrogens with zero attached hydrogens (tertiary/aromatic N) is 2. The molecule has 0 aromatic heterocycles. The lowest BCUT2D eigenvalue weighted by molar-refractivity contribution is 0.245. The SMILES string of the molecule is CN(C)S(=O)(=O)c1ccccc1S(=O)(=O)NCCN1CCNCC1. The van der Waals surface area contributed by atoms with Crippen LogP contribution in [0, 0.1) is 0 Å². The molecule has 0 unspecified atom stereocenters. The molecule has 136 valence electrons. The summed E-state index contributed by atoms with van der Waals surface area (Å²) in [7, 11) is -5.00. The van der Waals surface area contributed by atoms with E-state index in [1.54, 1.807) is 0 Å². The van der Waals surface area contributed by atoms with Crippen LogP contribution >= 0.6 is 0 Å². The number of piperazine rings is 1. The fourth-order valence-electron chi connectivity index (χ4n) is 2.43. The molecule has 24 heavy (non-hydrogen) atoms. The van der Waals surface area contributed by atoms with Gasteiger partial charge in [-0.05, 0) is 12.1 Å². The Labute approximate surface area is 143 Å². The average molecular weight is 377 g/mol. The van der Waals surface area contributed by atoms with Crippen LogP contribution in [0.1, 0.15) is 0 Å². The lowest BCUT2D eigenvalue weighted by Gasteiger charge is -2.27. The number of rotatable bonds is 7. The summed E-state index contributed by atoms with van der Waals surface area (Å²) in [6, 6.07) is 5.64. The zero-order valence-electron chi connectivity index (χ0n) is 13.9. The van der Waals surface area contributed by atoms with E-state index in [9.17, 15) is 16.8 Å². The third kappa shape index (κ3) is 4.52. The average Bonchev–Trinajstić information content (AvgIpc) is 2.55. The Balaban J connectivity index is 2.14. The minimum absolute atomic E-state index is 0.218. The molecule has 2 rings (SSSR count). The van der Waals surface area contributed by atoms with Gasteiger partial charge in [-0.15, -0.1) is 0 Å². The van der Waals surface area contributed by atoms with Crippen molar-refractivity contribution < 1.29 is 16.8 Å². The Kier molecular flexibility index (Phi) is 6.34. The number of hydrogen-bond acceptors (Lipinski definition) is 6. The second-order valence-electron chi connectivity index (χ2n) is 5.72. The predicted molar refractivity (Wildman–Crippen MR) is 91.8 cm³/mol. The van der Waals surface area contributed by atoms with Crippen LogP contribution in [0.3, 0.4) is 0 Å². The van der Waals surface area contributed by atoms with Crippen molar-refractivity contribution in [1.29, 1.82) is 0 Å². The Morgan fingerprint density at radius 2 is 1.67 bits per heavy atom. The van der Waals surface area contributed by atoms with E-state index in [0.717, 1.165) is 30.5 Å². The first-order valence-electron chi connectivity index (χ1n) is 7.69. The molecule has 1 aliphatic rings. The second-order valence-corrected chi connectivity index (χ2v) is 9.58. The van der Waals surface area contributed by atoms with Gasteiger partial charge in [-0.3, -0.25) is 4.90 Å². The van der Waals surface area contributed by atoms with E-state index in [0.29, 0.717) is 6.54 Å². The number of benzene rings is 1. The van der Waals surface area contributed by atoms with Gasteiger partial charge in [0, 0.05) is 53.4 Å². The Hall–Kier alpha value is -1.04. The number of sulfonamides is 2. The zero-order chi connectivity index (χ0) is 17.8. The molecule has 0 saturated carbocycles. The number of hydrogen-bond donors (Lipinski definition) is 2. The van der Waals surface area contributed by atoms with Gasteiger partial charge in [-0.25, -0.2) is 25.9 Å². The monoisotopic (exact) mass is 376 g/mol. The summed E-state index contributed by atoms with van der Waals surface area (Å²) in [6.45, 7) is 4.33. The van der Waals surface area contributed by atoms with Crippen LogP contribution in [0.4, 0.5) is 0 Å². The minimum Gasteiger partial charge on any atom is -0.314 e. The number of nitrogens with one attached hydrogen (secondary N) is 2. The van der Waals surface area contributed by atoms with E-state index in [2.05, 4.69) is 14.9 Å². The molecule has 0 bridgehead atoms. The Morgan fingerprint density at radius 1 is 1.08 bits per heavy atom. The van der Waals surface area contributed by atoms with Crippen molar-refractivity contribution in [2.75, 3.05) is 53.4 Å². The van der Waals surface area contributed by atoms with Gasteiger partial charge in [-0.1, -0.05) is 12.1 Å². The largest absolute Gasteiger partial charge is 0.314 e. The van der Waals surface area contributed by atoms with Gasteiger partial charge in [0.15, 0.2) is 0 Å². The fraction of sp³-hybridized carbons (Fsp3) is 0.571. The molecule has 0 spiro atoms. The van der Waals surface area contributed by atoms with E-state index in [1.807, 2.05) is 0 Å². The van der Waals surface area contributed by atoms with Gasteiger partial charge >= 0.3 is 0 Å². The van der Waals surface area contributed by atoms with Crippen LogP contribution in [-0.4, -0.2) is 79.4 Å². The van der Waals surface area contributed by atoms with E-state index in [4.69, 9.17) is 0 Å². The quantitative estimate of drug-likeness (QED) is 0.641. The van der Waals surface area contributed by atoms with Crippen LogP contribution in [0.25, 0.3) is 0 Å². The normalized spacial score (nSPS) is 17.3. The van der Waals surface area contributed by atoms with Gasteiger partial charge in [0.05, 0.1) is 0 Å². The maximum absolute atomic E-state index is 12.5. The molecule has 1 heterocycles. The van der Waals surface area contributed by atoms with Gasteiger partial charge in [0.2, 0.25) is 20.0 Å². The molecule has 1 aromatic carbocycles. The molecule has 1 aromatic rings. The zero-order valence-corrected chi connectivity index (χ0v) is 15.5. The van der Waals surface area contributed by atoms with E-state index in [-0.39, 0.29) is 16.3 Å². The smallest absolute Gasteiger partial charge is 0.243 e. The standard InChI is InChI=1S/C14H24N4O4S2/c1-17(2)24(21,22)14-6-4-3-5-13(14)23(19,20)16-9-12-18-10-7-15-8-11-18/h3-6,15-16H,7-12H2,1-2H3. The van der Waals surface area contributed by atoms with Crippen LogP contribution in [0.15, 0.2) is 34.1 Å². The lowest BCUT2D eigenvalue weighted by Crippen LogP contribution is -2.46. The summed E-state index contributed by atoms with van der Waals surface area (Å²) in [6.07, 6.45) is 0. The summed E-state index contributed by atoms with van der Waals surface area (Å²) in [5.74, 6) is 0. The van der Waals surface area contributed by atoms with Crippen LogP contribution in [0.5, 0.6) is 0 Å². The van der Waals surface area contributed by atoms with Crippen molar-refractivity contribution in [2.45, 2.75) is 9.79 Å². The predicted octanol–water partition coefficient (Wildman–Crippen LogP) is -0.880. The highest BCUT2D eigenvalue weighted by molar-refractivity contribution is 7.92. The molecule has 2 N–H and O–H groups in total. The van der Waals surface area contributed by atoms with E-state index < -0.39 is 20.0 Å². The minimum atomic E-state index is -3.91. The highest BCUT2D eigenvalue weighted by atomic mass is 32.2. The maximum Gasteiger partial charge on any atom is 0.243 e. The van der Waals surface area contributed by atoms with Crippen LogP contribution in [0.2, 0.25) is 0 Å². The summed E-state index contributed by atoms with van der Waals surface area (Å²) in [4.78, 5) is 1.71. The van der Waals surface area contributed by atoms with E-state index >= 15 is 0 Å². The molecule has 8 nitrogen and oxygen atoms in total. The molecule has 0 aliphatic carbocycles. The van der Waals surface area contributed by atoms with Crippen molar-refractivity contribution in [1.82, 2.24) is 19.2 Å². The third-order valence-electron chi connectivity index (χ3n) is 3.83. The first-order chi connectivity index (χ1) is 11.2. The second kappa shape index (κ2) is 7.89. The van der Waals surface area contributed by atoms with Crippen LogP contribution in [-0.2, 0) is 20.0 Å². The topological polar surface area (TPSA) is 98.8 Å². The highest BCUT2D eigenvalue weighted by Crippen LogP contribution is 2.22. The molecule has 0 amide bonds. The van der Waals surface area contributed by atoms with E-state index in [1.165, 1.54) is 38.4 Å². The van der Waals surface area contributed by atoms with Gasteiger partial charge < -0.3 is 5.32 Å². The molecule has 1 aliphatic heterocycles. The van der Waals surface area contributed by atoms with Crippen molar-refractivity contribution in [2.24, 2.45) is 0 Å². The first kappa shape index (κ1) is 19.3. The van der Waals surface area contributed by atoms with Crippen molar-refractivity contribution in [3.8, 4) is 0 Å². The summed E-state index contributed by atoms with van der Waals surface area (Å²) in [5.41, 5.74) is 0. The summed E-state index contributed by atoms with van der Waals surface area (Å²) in [5, 5.41) is 3.23. The van der Waals surface area contributed by atoms with Crippen molar-refractivity contribution >= 4 is 20.0 Å². The molecular weight excluding hydrogens is 352 g/mol. The molecular formula is C14H24N4O4S2. The summed E-state index contributed by atoms with van der Waals surface area (Å²) >= 11 is 0. The molecule has 0 atom stereocenters. The highest BCUT2D eigenvalue weighted by Gasteiger charge is 2.27. The fourth-order valence-corrected chi connectivity index (χ4v) is 5.15. The van der Waals surface area contributed by atoms with Gasteiger partial charge in [0.25, 0.3) is 0 Å².